The number of hydrogen-bond acceptors (Lipinski definition) is 4. The number of anilines is 1. The fourth-order valence-corrected chi connectivity index (χ4v) is 4.30. The van der Waals surface area contributed by atoms with Crippen LogP contribution in [0.5, 0.6) is 0 Å². The molecule has 1 saturated carbocycles. The number of carbonyl (C=O) groups excluding carboxylic acids is 1. The van der Waals surface area contributed by atoms with Crippen LogP contribution >= 0.6 is 0 Å². The highest BCUT2D eigenvalue weighted by molar-refractivity contribution is 5.95. The van der Waals surface area contributed by atoms with E-state index in [2.05, 4.69) is 11.2 Å². The van der Waals surface area contributed by atoms with Crippen molar-refractivity contribution in [3.05, 3.63) is 42.5 Å². The topological polar surface area (TPSA) is 68.8 Å². The molecule has 3 heterocycles. The summed E-state index contributed by atoms with van der Waals surface area (Å²) in [6.07, 6.45) is 10.1. The van der Waals surface area contributed by atoms with Crippen molar-refractivity contribution in [3.8, 4) is 17.1 Å². The average molecular weight is 376 g/mol. The summed E-state index contributed by atoms with van der Waals surface area (Å²) < 4.78 is 3.67. The number of benzene rings is 1. The van der Waals surface area contributed by atoms with Crippen molar-refractivity contribution in [2.75, 3.05) is 11.4 Å². The molecular weight excluding hydrogens is 352 g/mol. The molecule has 2 aliphatic rings. The molecule has 1 saturated heterocycles. The predicted molar refractivity (Wildman–Crippen MR) is 106 cm³/mol. The predicted octanol–water partition coefficient (Wildman–Crippen LogP) is 3.45. The second kappa shape index (κ2) is 6.89. The number of rotatable bonds is 4. The fourth-order valence-electron chi connectivity index (χ4n) is 4.30. The molecule has 2 fully saturated rings. The number of carbonyl (C=O) groups is 1. The third-order valence-electron chi connectivity index (χ3n) is 5.77. The molecule has 1 aliphatic heterocycles. The standard InChI is InChI=1S/C21H24N6O/c1-25-14-18(13-22-25)27-21(23-20(24-27)15-6-2-3-7-15)16-8-4-9-17(12-16)26-11-5-10-19(26)28/h4,8-9,12-15H,2-3,5-7,10-11H2,1H3. The van der Waals surface area contributed by atoms with Crippen LogP contribution in [-0.4, -0.2) is 37.0 Å². The van der Waals surface area contributed by atoms with Gasteiger partial charge in [0.15, 0.2) is 11.6 Å². The highest BCUT2D eigenvalue weighted by atomic mass is 16.2. The van der Waals surface area contributed by atoms with E-state index < -0.39 is 0 Å². The maximum absolute atomic E-state index is 12.2. The number of hydrogen-bond donors (Lipinski definition) is 0. The first-order valence-corrected chi connectivity index (χ1v) is 10.1. The van der Waals surface area contributed by atoms with Gasteiger partial charge in [-0.25, -0.2) is 9.67 Å². The molecule has 144 valence electrons. The quantitative estimate of drug-likeness (QED) is 0.699. The van der Waals surface area contributed by atoms with E-state index in [4.69, 9.17) is 10.1 Å². The van der Waals surface area contributed by atoms with E-state index in [9.17, 15) is 4.79 Å². The Labute approximate surface area is 164 Å². The lowest BCUT2D eigenvalue weighted by molar-refractivity contribution is -0.117. The van der Waals surface area contributed by atoms with Crippen LogP contribution in [0.15, 0.2) is 36.7 Å². The first-order chi connectivity index (χ1) is 13.7. The van der Waals surface area contributed by atoms with Gasteiger partial charge in [-0.05, 0) is 31.4 Å². The van der Waals surface area contributed by atoms with E-state index in [-0.39, 0.29) is 5.91 Å². The molecule has 0 bridgehead atoms. The summed E-state index contributed by atoms with van der Waals surface area (Å²) in [6, 6.07) is 8.08. The van der Waals surface area contributed by atoms with E-state index in [1.54, 1.807) is 4.68 Å². The Morgan fingerprint density at radius 3 is 2.68 bits per heavy atom. The zero-order valence-electron chi connectivity index (χ0n) is 16.1. The lowest BCUT2D eigenvalue weighted by atomic mass is 10.1. The Morgan fingerprint density at radius 2 is 1.96 bits per heavy atom. The van der Waals surface area contributed by atoms with Gasteiger partial charge in [0.05, 0.1) is 12.4 Å². The van der Waals surface area contributed by atoms with E-state index in [0.717, 1.165) is 54.4 Å². The van der Waals surface area contributed by atoms with Crippen molar-refractivity contribution >= 4 is 11.6 Å². The normalized spacial score (nSPS) is 17.8. The number of nitrogens with zero attached hydrogens (tertiary/aromatic N) is 6. The summed E-state index contributed by atoms with van der Waals surface area (Å²) in [7, 11) is 1.90. The van der Waals surface area contributed by atoms with Crippen molar-refractivity contribution in [1.29, 1.82) is 0 Å². The SMILES string of the molecule is Cn1cc(-n2nc(C3CCCC3)nc2-c2cccc(N3CCCC3=O)c2)cn1. The van der Waals surface area contributed by atoms with E-state index >= 15 is 0 Å². The summed E-state index contributed by atoms with van der Waals surface area (Å²) in [4.78, 5) is 19.0. The Balaban J connectivity index is 1.59. The van der Waals surface area contributed by atoms with Crippen LogP contribution in [0.4, 0.5) is 5.69 Å². The van der Waals surface area contributed by atoms with Gasteiger partial charge >= 0.3 is 0 Å². The zero-order chi connectivity index (χ0) is 19.1. The van der Waals surface area contributed by atoms with Crippen molar-refractivity contribution in [2.45, 2.75) is 44.4 Å². The average Bonchev–Trinajstić information content (AvgIpc) is 3.48. The van der Waals surface area contributed by atoms with Crippen LogP contribution in [-0.2, 0) is 11.8 Å². The first kappa shape index (κ1) is 17.2. The van der Waals surface area contributed by atoms with Gasteiger partial charge in [-0.3, -0.25) is 9.48 Å². The maximum Gasteiger partial charge on any atom is 0.227 e. The largest absolute Gasteiger partial charge is 0.312 e. The zero-order valence-corrected chi connectivity index (χ0v) is 16.1. The maximum atomic E-state index is 12.2. The molecule has 1 amide bonds. The molecule has 0 atom stereocenters. The van der Waals surface area contributed by atoms with Gasteiger partial charge in [0, 0.05) is 37.2 Å². The summed E-state index contributed by atoms with van der Waals surface area (Å²) >= 11 is 0. The van der Waals surface area contributed by atoms with Crippen LogP contribution in [0.3, 0.4) is 0 Å². The van der Waals surface area contributed by atoms with Gasteiger partial charge in [-0.15, -0.1) is 0 Å². The molecule has 0 radical (unpaired) electrons. The number of aryl methyl sites for hydroxylation is 1. The molecule has 0 unspecified atom stereocenters. The summed E-state index contributed by atoms with van der Waals surface area (Å²) in [5.74, 6) is 2.35. The molecule has 7 nitrogen and oxygen atoms in total. The Kier molecular flexibility index (Phi) is 4.22. The Morgan fingerprint density at radius 1 is 1.11 bits per heavy atom. The first-order valence-electron chi connectivity index (χ1n) is 10.1. The van der Waals surface area contributed by atoms with Crippen molar-refractivity contribution < 1.29 is 4.79 Å². The Bertz CT molecular complexity index is 1010. The molecule has 0 N–H and O–H groups in total. The Hall–Kier alpha value is -2.96. The molecule has 3 aromatic rings. The van der Waals surface area contributed by atoms with Crippen molar-refractivity contribution in [2.24, 2.45) is 7.05 Å². The van der Waals surface area contributed by atoms with E-state index in [1.165, 1.54) is 12.8 Å². The molecule has 0 spiro atoms. The number of amides is 1. The number of aromatic nitrogens is 5. The van der Waals surface area contributed by atoms with Gasteiger partial charge in [-0.1, -0.05) is 25.0 Å². The van der Waals surface area contributed by atoms with Gasteiger partial charge in [-0.2, -0.15) is 10.2 Å². The third-order valence-corrected chi connectivity index (χ3v) is 5.77. The minimum atomic E-state index is 0.192. The van der Waals surface area contributed by atoms with E-state index in [0.29, 0.717) is 12.3 Å². The highest BCUT2D eigenvalue weighted by Crippen LogP contribution is 2.35. The molecule has 7 heteroatoms. The summed E-state index contributed by atoms with van der Waals surface area (Å²) in [5.41, 5.74) is 2.80. The second-order valence-corrected chi connectivity index (χ2v) is 7.76. The fraction of sp³-hybridized carbons (Fsp3) is 0.429. The lowest BCUT2D eigenvalue weighted by Crippen LogP contribution is -2.23. The lowest BCUT2D eigenvalue weighted by Gasteiger charge is -2.16. The molecule has 5 rings (SSSR count). The molecule has 1 aromatic carbocycles. The van der Waals surface area contributed by atoms with Gasteiger partial charge in [0.1, 0.15) is 5.69 Å². The molecular formula is C21H24N6O. The molecule has 28 heavy (non-hydrogen) atoms. The van der Waals surface area contributed by atoms with Gasteiger partial charge < -0.3 is 4.90 Å². The van der Waals surface area contributed by atoms with Crippen LogP contribution in [0.1, 0.15) is 50.3 Å². The van der Waals surface area contributed by atoms with Crippen LogP contribution < -0.4 is 4.90 Å². The van der Waals surface area contributed by atoms with Crippen molar-refractivity contribution in [3.63, 3.8) is 0 Å². The third kappa shape index (κ3) is 3.00. The highest BCUT2D eigenvalue weighted by Gasteiger charge is 2.26. The van der Waals surface area contributed by atoms with Gasteiger partial charge in [0.2, 0.25) is 5.91 Å². The summed E-state index contributed by atoms with van der Waals surface area (Å²) in [5, 5.41) is 9.17. The second-order valence-electron chi connectivity index (χ2n) is 7.76. The van der Waals surface area contributed by atoms with E-state index in [1.807, 2.05) is 47.2 Å². The van der Waals surface area contributed by atoms with Crippen LogP contribution in [0.25, 0.3) is 17.1 Å². The molecule has 1 aliphatic carbocycles. The van der Waals surface area contributed by atoms with Crippen LogP contribution in [0, 0.1) is 0 Å². The van der Waals surface area contributed by atoms with Crippen molar-refractivity contribution in [1.82, 2.24) is 24.5 Å². The minimum Gasteiger partial charge on any atom is -0.312 e. The van der Waals surface area contributed by atoms with Crippen LogP contribution in [0.2, 0.25) is 0 Å². The smallest absolute Gasteiger partial charge is 0.227 e. The summed E-state index contributed by atoms with van der Waals surface area (Å²) in [6.45, 7) is 0.783. The molecule has 2 aromatic heterocycles. The van der Waals surface area contributed by atoms with Gasteiger partial charge in [0.25, 0.3) is 0 Å². The minimum absolute atomic E-state index is 0.192. The monoisotopic (exact) mass is 376 g/mol.